The fraction of sp³-hybridized carbons (Fsp3) is 0.577. The minimum absolute atomic E-state index is 0.00862. The number of hydrogen-bond donors (Lipinski definition) is 0. The number of likely N-dealkylation sites (tertiary alicyclic amines) is 1. The Labute approximate surface area is 189 Å². The number of hydrogen-bond acceptors (Lipinski definition) is 5. The molecule has 6 heteroatoms. The van der Waals surface area contributed by atoms with Crippen molar-refractivity contribution in [2.24, 2.45) is 5.41 Å². The van der Waals surface area contributed by atoms with E-state index in [2.05, 4.69) is 11.8 Å². The van der Waals surface area contributed by atoms with Crippen molar-refractivity contribution in [1.82, 2.24) is 4.90 Å². The first-order valence-corrected chi connectivity index (χ1v) is 11.4. The van der Waals surface area contributed by atoms with Gasteiger partial charge in [-0.1, -0.05) is 5.92 Å². The zero-order valence-corrected chi connectivity index (χ0v) is 19.2. The van der Waals surface area contributed by atoms with Crippen LogP contribution >= 0.6 is 0 Å². The van der Waals surface area contributed by atoms with Crippen LogP contribution < -0.4 is 0 Å². The molecule has 1 aliphatic carbocycles. The number of carbonyl (C=O) groups is 3. The fourth-order valence-electron chi connectivity index (χ4n) is 5.53. The molecule has 1 aromatic carbocycles. The molecule has 1 spiro atoms. The van der Waals surface area contributed by atoms with Crippen LogP contribution in [-0.4, -0.2) is 55.0 Å². The number of Topliss-reactive ketones (excluding diaryl/α,β-unsaturated/α-hetero) is 2. The maximum absolute atomic E-state index is 13.3. The van der Waals surface area contributed by atoms with Crippen LogP contribution in [0.2, 0.25) is 0 Å². The minimum atomic E-state index is -0.680. The van der Waals surface area contributed by atoms with Crippen molar-refractivity contribution in [2.45, 2.75) is 65.1 Å². The van der Waals surface area contributed by atoms with Crippen molar-refractivity contribution < 1.29 is 23.9 Å². The van der Waals surface area contributed by atoms with Crippen molar-refractivity contribution in [2.75, 3.05) is 26.3 Å². The molecular formula is C26H31NO5. The highest BCUT2D eigenvalue weighted by molar-refractivity contribution is 6.10. The zero-order valence-electron chi connectivity index (χ0n) is 19.2. The van der Waals surface area contributed by atoms with Crippen LogP contribution in [0.15, 0.2) is 12.1 Å². The molecule has 0 aromatic heterocycles. The standard InChI is InChI=1S/C26H31NO5/c1-4-5-19-12-17(2)24(18(3)13-19)25-20(28)15-26(16-21(25)29)6-8-27(9-7-26)22(30)14-23-31-10-11-32-23/h12-13,23,25H,6-11,14-16H2,1-3H3. The maximum Gasteiger partial charge on any atom is 0.227 e. The van der Waals surface area contributed by atoms with Gasteiger partial charge in [0.1, 0.15) is 17.5 Å². The van der Waals surface area contributed by atoms with Gasteiger partial charge in [-0.25, -0.2) is 0 Å². The van der Waals surface area contributed by atoms with Crippen molar-refractivity contribution in [3.8, 4) is 11.8 Å². The number of carbonyl (C=O) groups excluding carboxylic acids is 3. The molecule has 0 bridgehead atoms. The topological polar surface area (TPSA) is 72.9 Å². The lowest BCUT2D eigenvalue weighted by Crippen LogP contribution is -2.48. The second kappa shape index (κ2) is 9.17. The smallest absolute Gasteiger partial charge is 0.227 e. The summed E-state index contributed by atoms with van der Waals surface area (Å²) in [5, 5.41) is 0. The van der Waals surface area contributed by atoms with E-state index in [0.29, 0.717) is 52.0 Å². The molecule has 1 aromatic rings. The molecule has 2 heterocycles. The summed E-state index contributed by atoms with van der Waals surface area (Å²) in [6, 6.07) is 3.93. The fourth-order valence-corrected chi connectivity index (χ4v) is 5.53. The number of benzene rings is 1. The first kappa shape index (κ1) is 22.7. The van der Waals surface area contributed by atoms with Gasteiger partial charge < -0.3 is 14.4 Å². The van der Waals surface area contributed by atoms with E-state index < -0.39 is 12.2 Å². The third-order valence-electron chi connectivity index (χ3n) is 7.10. The van der Waals surface area contributed by atoms with Gasteiger partial charge in [0, 0.05) is 31.5 Å². The summed E-state index contributed by atoms with van der Waals surface area (Å²) >= 11 is 0. The van der Waals surface area contributed by atoms with Crippen molar-refractivity contribution >= 4 is 17.5 Å². The molecule has 2 aliphatic heterocycles. The first-order valence-electron chi connectivity index (χ1n) is 11.4. The summed E-state index contributed by atoms with van der Waals surface area (Å²) in [6.07, 6.45) is 1.93. The lowest BCUT2D eigenvalue weighted by Gasteiger charge is -2.45. The zero-order chi connectivity index (χ0) is 22.9. The van der Waals surface area contributed by atoms with Crippen LogP contribution in [0.5, 0.6) is 0 Å². The predicted octanol–water partition coefficient (Wildman–Crippen LogP) is 3.06. The van der Waals surface area contributed by atoms with Crippen LogP contribution in [0, 0.1) is 31.1 Å². The summed E-state index contributed by atoms with van der Waals surface area (Å²) < 4.78 is 10.8. The highest BCUT2D eigenvalue weighted by Crippen LogP contribution is 2.46. The number of rotatable bonds is 3. The van der Waals surface area contributed by atoms with Gasteiger partial charge in [-0.3, -0.25) is 14.4 Å². The van der Waals surface area contributed by atoms with E-state index in [9.17, 15) is 14.4 Å². The molecule has 32 heavy (non-hydrogen) atoms. The van der Waals surface area contributed by atoms with E-state index in [4.69, 9.17) is 9.47 Å². The molecule has 0 unspecified atom stereocenters. The maximum atomic E-state index is 13.3. The van der Waals surface area contributed by atoms with Crippen LogP contribution in [-0.2, 0) is 23.9 Å². The second-order valence-electron chi connectivity index (χ2n) is 9.37. The van der Waals surface area contributed by atoms with Crippen LogP contribution in [0.25, 0.3) is 0 Å². The van der Waals surface area contributed by atoms with Gasteiger partial charge in [0.15, 0.2) is 6.29 Å². The SMILES string of the molecule is CC#Cc1cc(C)c(C2C(=O)CC3(CCN(C(=O)CC4OCCO4)CC3)CC2=O)c(C)c1. The van der Waals surface area contributed by atoms with Gasteiger partial charge in [0.25, 0.3) is 0 Å². The number of ether oxygens (including phenoxy) is 2. The van der Waals surface area contributed by atoms with Crippen LogP contribution in [0.4, 0.5) is 0 Å². The molecule has 0 radical (unpaired) electrons. The number of amides is 1. The Morgan fingerprint density at radius 1 is 1.06 bits per heavy atom. The molecule has 170 valence electrons. The third kappa shape index (κ3) is 4.51. The van der Waals surface area contributed by atoms with Crippen molar-refractivity contribution in [3.63, 3.8) is 0 Å². The second-order valence-corrected chi connectivity index (χ2v) is 9.37. The van der Waals surface area contributed by atoms with Gasteiger partial charge in [0.05, 0.1) is 19.6 Å². The van der Waals surface area contributed by atoms with E-state index in [0.717, 1.165) is 22.3 Å². The molecular weight excluding hydrogens is 406 g/mol. The third-order valence-corrected chi connectivity index (χ3v) is 7.10. The molecule has 1 amide bonds. The van der Waals surface area contributed by atoms with Gasteiger partial charge in [0.2, 0.25) is 5.91 Å². The average Bonchev–Trinajstić information content (AvgIpc) is 3.23. The van der Waals surface area contributed by atoms with Crippen LogP contribution in [0.1, 0.15) is 67.2 Å². The summed E-state index contributed by atoms with van der Waals surface area (Å²) in [5.74, 6) is 5.31. The molecule has 3 aliphatic rings. The highest BCUT2D eigenvalue weighted by atomic mass is 16.7. The Morgan fingerprint density at radius 3 is 2.16 bits per heavy atom. The lowest BCUT2D eigenvalue weighted by atomic mass is 9.62. The largest absolute Gasteiger partial charge is 0.350 e. The average molecular weight is 438 g/mol. The molecule has 3 fully saturated rings. The Kier molecular flexibility index (Phi) is 6.50. The number of ketones is 2. The summed E-state index contributed by atoms with van der Waals surface area (Å²) in [7, 11) is 0. The molecule has 0 N–H and O–H groups in total. The highest BCUT2D eigenvalue weighted by Gasteiger charge is 2.47. The van der Waals surface area contributed by atoms with Gasteiger partial charge in [-0.2, -0.15) is 0 Å². The quantitative estimate of drug-likeness (QED) is 0.537. The number of nitrogens with zero attached hydrogens (tertiary/aromatic N) is 1. The Balaban J connectivity index is 1.43. The Hall–Kier alpha value is -2.49. The number of aryl methyl sites for hydroxylation is 2. The minimum Gasteiger partial charge on any atom is -0.350 e. The molecule has 0 atom stereocenters. The Bertz CT molecular complexity index is 944. The molecule has 2 saturated heterocycles. The van der Waals surface area contributed by atoms with Crippen molar-refractivity contribution in [3.05, 3.63) is 34.4 Å². The van der Waals surface area contributed by atoms with Crippen molar-refractivity contribution in [1.29, 1.82) is 0 Å². The van der Waals surface area contributed by atoms with E-state index >= 15 is 0 Å². The Morgan fingerprint density at radius 2 is 1.62 bits per heavy atom. The molecule has 4 rings (SSSR count). The van der Waals surface area contributed by atoms with E-state index in [1.54, 1.807) is 6.92 Å². The van der Waals surface area contributed by atoms with Crippen LogP contribution in [0.3, 0.4) is 0 Å². The summed E-state index contributed by atoms with van der Waals surface area (Å²) in [4.78, 5) is 40.9. The van der Waals surface area contributed by atoms with E-state index in [1.807, 2.05) is 30.9 Å². The predicted molar refractivity (Wildman–Crippen MR) is 119 cm³/mol. The monoisotopic (exact) mass is 437 g/mol. The summed E-state index contributed by atoms with van der Waals surface area (Å²) in [6.45, 7) is 7.89. The lowest BCUT2D eigenvalue weighted by molar-refractivity contribution is -0.144. The molecule has 6 nitrogen and oxygen atoms in total. The summed E-state index contributed by atoms with van der Waals surface area (Å²) in [5.41, 5.74) is 3.32. The molecule has 1 saturated carbocycles. The van der Waals surface area contributed by atoms with Gasteiger partial charge in [-0.15, -0.1) is 5.92 Å². The van der Waals surface area contributed by atoms with E-state index in [-0.39, 0.29) is 29.3 Å². The van der Waals surface area contributed by atoms with Gasteiger partial charge in [-0.05, 0) is 67.9 Å². The first-order chi connectivity index (χ1) is 15.3. The normalized spacial score (nSPS) is 21.7. The van der Waals surface area contributed by atoms with Gasteiger partial charge >= 0.3 is 0 Å². The number of piperidine rings is 1. The van der Waals surface area contributed by atoms with E-state index in [1.165, 1.54) is 0 Å².